The van der Waals surface area contributed by atoms with Crippen LogP contribution in [0.3, 0.4) is 0 Å². The molecule has 2 aromatic rings. The van der Waals surface area contributed by atoms with Crippen LogP contribution in [0, 0.1) is 0 Å². The molecule has 0 atom stereocenters. The predicted molar refractivity (Wildman–Crippen MR) is 73.8 cm³/mol. The van der Waals surface area contributed by atoms with Gasteiger partial charge in [-0.2, -0.15) is 0 Å². The Bertz CT molecular complexity index is 702. The second kappa shape index (κ2) is 6.04. The van der Waals surface area contributed by atoms with Gasteiger partial charge in [0, 0.05) is 17.3 Å². The largest absolute Gasteiger partial charge is 0.497 e. The lowest BCUT2D eigenvalue weighted by Crippen LogP contribution is -2.07. The molecule has 0 aliphatic carbocycles. The highest BCUT2D eigenvalue weighted by Crippen LogP contribution is 2.17. The molecule has 1 heterocycles. The van der Waals surface area contributed by atoms with Crippen LogP contribution in [0.5, 0.6) is 5.75 Å². The van der Waals surface area contributed by atoms with Gasteiger partial charge in [0.05, 0.1) is 12.8 Å². The fourth-order valence-electron chi connectivity index (χ4n) is 1.85. The Morgan fingerprint density at radius 3 is 2.62 bits per heavy atom. The number of carboxylic acid groups (broad SMARTS) is 1. The van der Waals surface area contributed by atoms with Crippen LogP contribution in [-0.2, 0) is 4.79 Å². The summed E-state index contributed by atoms with van der Waals surface area (Å²) in [5.74, 6) is -1.51. The number of carbonyl (C=O) groups excluding carboxylic acids is 2. The van der Waals surface area contributed by atoms with Crippen molar-refractivity contribution in [1.29, 1.82) is 0 Å². The summed E-state index contributed by atoms with van der Waals surface area (Å²) in [6.07, 6.45) is 0.768. The summed E-state index contributed by atoms with van der Waals surface area (Å²) in [6, 6.07) is 7.99. The fraction of sp³-hybridized carbons (Fsp3) is 0.133. The molecule has 6 nitrogen and oxygen atoms in total. The van der Waals surface area contributed by atoms with Gasteiger partial charge >= 0.3 is 5.97 Å². The summed E-state index contributed by atoms with van der Waals surface area (Å²) in [5, 5.41) is 8.58. The van der Waals surface area contributed by atoms with E-state index < -0.39 is 18.2 Å². The maximum Gasteiger partial charge on any atom is 0.311 e. The van der Waals surface area contributed by atoms with Gasteiger partial charge in [0.15, 0.2) is 11.6 Å². The van der Waals surface area contributed by atoms with E-state index in [0.29, 0.717) is 11.3 Å². The minimum Gasteiger partial charge on any atom is -0.497 e. The molecular formula is C15H13NO5. The summed E-state index contributed by atoms with van der Waals surface area (Å²) >= 11 is 0. The van der Waals surface area contributed by atoms with Crippen LogP contribution < -0.4 is 4.74 Å². The molecule has 0 radical (unpaired) electrons. The second-order valence-electron chi connectivity index (χ2n) is 4.36. The molecule has 6 heteroatoms. The first-order valence-corrected chi connectivity index (χ1v) is 6.13. The van der Waals surface area contributed by atoms with E-state index in [1.54, 1.807) is 24.3 Å². The lowest BCUT2D eigenvalue weighted by molar-refractivity contribution is -0.135. The zero-order valence-corrected chi connectivity index (χ0v) is 11.3. The lowest BCUT2D eigenvalue weighted by Gasteiger charge is -2.02. The average Bonchev–Trinajstić information content (AvgIpc) is 2.95. The highest BCUT2D eigenvalue weighted by atomic mass is 16.5. The molecule has 0 spiro atoms. The van der Waals surface area contributed by atoms with Crippen molar-refractivity contribution in [2.75, 3.05) is 7.11 Å². The molecule has 0 amide bonds. The molecule has 1 aromatic heterocycles. The van der Waals surface area contributed by atoms with E-state index in [4.69, 9.17) is 9.84 Å². The van der Waals surface area contributed by atoms with Crippen molar-refractivity contribution in [3.8, 4) is 5.75 Å². The molecule has 108 valence electrons. The van der Waals surface area contributed by atoms with Crippen LogP contribution in [0.25, 0.3) is 0 Å². The molecule has 21 heavy (non-hydrogen) atoms. The number of H-pyrrole nitrogens is 1. The summed E-state index contributed by atoms with van der Waals surface area (Å²) in [4.78, 5) is 37.0. The van der Waals surface area contributed by atoms with Gasteiger partial charge in [0.25, 0.3) is 0 Å². The van der Waals surface area contributed by atoms with Gasteiger partial charge in [0.2, 0.25) is 0 Å². The van der Waals surface area contributed by atoms with Crippen molar-refractivity contribution in [3.63, 3.8) is 0 Å². The number of methoxy groups -OCH3 is 1. The maximum atomic E-state index is 12.3. The maximum absolute atomic E-state index is 12.3. The van der Waals surface area contributed by atoms with Crippen molar-refractivity contribution in [2.45, 2.75) is 6.42 Å². The smallest absolute Gasteiger partial charge is 0.311 e. The molecule has 0 saturated carbocycles. The van der Waals surface area contributed by atoms with Gasteiger partial charge in [-0.1, -0.05) is 12.1 Å². The Labute approximate surface area is 120 Å². The quantitative estimate of drug-likeness (QED) is 0.625. The Hall–Kier alpha value is -2.89. The lowest BCUT2D eigenvalue weighted by atomic mass is 10.1. The number of ether oxygens (including phenoxy) is 1. The third-order valence-corrected chi connectivity index (χ3v) is 2.89. The van der Waals surface area contributed by atoms with Crippen molar-refractivity contribution < 1.29 is 24.2 Å². The Kier molecular flexibility index (Phi) is 4.18. The van der Waals surface area contributed by atoms with Crippen molar-refractivity contribution in [1.82, 2.24) is 4.98 Å². The van der Waals surface area contributed by atoms with E-state index in [1.165, 1.54) is 19.4 Å². The summed E-state index contributed by atoms with van der Waals surface area (Å²) in [5.41, 5.74) is 0.811. The highest BCUT2D eigenvalue weighted by molar-refractivity contribution is 6.11. The van der Waals surface area contributed by atoms with E-state index in [9.17, 15) is 14.4 Å². The number of hydrogen-bond donors (Lipinski definition) is 2. The number of Topliss-reactive ketones (excluding diaryl/α,β-unsaturated/α-hetero) is 1. The number of carbonyl (C=O) groups is 3. The van der Waals surface area contributed by atoms with Gasteiger partial charge in [0.1, 0.15) is 12.2 Å². The van der Waals surface area contributed by atoms with Crippen LogP contribution in [-0.4, -0.2) is 34.7 Å². The zero-order valence-electron chi connectivity index (χ0n) is 11.3. The number of aromatic nitrogens is 1. The number of rotatable bonds is 6. The fourth-order valence-corrected chi connectivity index (χ4v) is 1.85. The van der Waals surface area contributed by atoms with E-state index in [2.05, 4.69) is 4.98 Å². The number of aliphatic carboxylic acids is 1. The standard InChI is InChI=1S/C15H13NO5/c1-21-11-4-2-3-9(5-11)15(20)10-6-12(16-8-10)13(17)7-14(18)19/h2-6,8,16H,7H2,1H3,(H,18,19). The number of carboxylic acids is 1. The van der Waals surface area contributed by atoms with Gasteiger partial charge < -0.3 is 14.8 Å². The first kappa shape index (κ1) is 14.5. The van der Waals surface area contributed by atoms with E-state index in [1.807, 2.05) is 0 Å². The number of aromatic amines is 1. The zero-order chi connectivity index (χ0) is 15.4. The monoisotopic (exact) mass is 287 g/mol. The van der Waals surface area contributed by atoms with Gasteiger partial charge in [-0.25, -0.2) is 0 Å². The molecule has 0 saturated heterocycles. The van der Waals surface area contributed by atoms with Crippen molar-refractivity contribution >= 4 is 17.5 Å². The minimum atomic E-state index is -1.21. The molecular weight excluding hydrogens is 274 g/mol. The first-order valence-electron chi connectivity index (χ1n) is 6.13. The predicted octanol–water partition coefficient (Wildman–Crippen LogP) is 1.91. The van der Waals surface area contributed by atoms with Crippen LogP contribution >= 0.6 is 0 Å². The molecule has 2 N–H and O–H groups in total. The molecule has 1 aromatic carbocycles. The third-order valence-electron chi connectivity index (χ3n) is 2.89. The van der Waals surface area contributed by atoms with Crippen LogP contribution in [0.2, 0.25) is 0 Å². The Morgan fingerprint density at radius 2 is 1.95 bits per heavy atom. The minimum absolute atomic E-state index is 0.101. The number of ketones is 2. The van der Waals surface area contributed by atoms with Crippen LogP contribution in [0.4, 0.5) is 0 Å². The van der Waals surface area contributed by atoms with Gasteiger partial charge in [-0.15, -0.1) is 0 Å². The molecule has 0 fully saturated rings. The molecule has 0 bridgehead atoms. The van der Waals surface area contributed by atoms with Gasteiger partial charge in [-0.05, 0) is 18.2 Å². The first-order chi connectivity index (χ1) is 10.0. The molecule has 0 aliphatic rings. The summed E-state index contributed by atoms with van der Waals surface area (Å²) in [6.45, 7) is 0. The number of benzene rings is 1. The van der Waals surface area contributed by atoms with E-state index in [-0.39, 0.29) is 17.0 Å². The Balaban J connectivity index is 2.22. The van der Waals surface area contributed by atoms with Gasteiger partial charge in [-0.3, -0.25) is 14.4 Å². The Morgan fingerprint density at radius 1 is 1.19 bits per heavy atom. The number of hydrogen-bond acceptors (Lipinski definition) is 4. The normalized spacial score (nSPS) is 10.1. The highest BCUT2D eigenvalue weighted by Gasteiger charge is 2.16. The van der Waals surface area contributed by atoms with Crippen molar-refractivity contribution in [2.24, 2.45) is 0 Å². The van der Waals surface area contributed by atoms with Crippen LogP contribution in [0.15, 0.2) is 36.5 Å². The number of nitrogens with one attached hydrogen (secondary N) is 1. The second-order valence-corrected chi connectivity index (χ2v) is 4.36. The van der Waals surface area contributed by atoms with E-state index >= 15 is 0 Å². The average molecular weight is 287 g/mol. The third kappa shape index (κ3) is 3.36. The van der Waals surface area contributed by atoms with Crippen molar-refractivity contribution in [3.05, 3.63) is 53.3 Å². The summed E-state index contributed by atoms with van der Waals surface area (Å²) < 4.78 is 5.05. The molecule has 0 aliphatic heterocycles. The SMILES string of the molecule is COc1cccc(C(=O)c2c[nH]c(C(=O)CC(=O)O)c2)c1. The van der Waals surface area contributed by atoms with Crippen LogP contribution in [0.1, 0.15) is 32.8 Å². The van der Waals surface area contributed by atoms with E-state index in [0.717, 1.165) is 0 Å². The summed E-state index contributed by atoms with van der Waals surface area (Å²) in [7, 11) is 1.50. The topological polar surface area (TPSA) is 96.5 Å². The molecule has 2 rings (SSSR count). The molecule has 0 unspecified atom stereocenters.